The number of benzene rings is 6. The molecule has 0 N–H and O–H groups in total. The van der Waals surface area contributed by atoms with Crippen LogP contribution >= 0.6 is 0 Å². The van der Waals surface area contributed by atoms with E-state index in [9.17, 15) is 0 Å². The zero-order valence-electron chi connectivity index (χ0n) is 24.6. The van der Waals surface area contributed by atoms with Crippen molar-refractivity contribution in [1.29, 1.82) is 0 Å². The third kappa shape index (κ3) is 3.73. The van der Waals surface area contributed by atoms with Crippen LogP contribution in [0.2, 0.25) is 0 Å². The summed E-state index contributed by atoms with van der Waals surface area (Å²) in [6.45, 7) is 0. The number of nitrogens with zero attached hydrogens (tertiary/aromatic N) is 3. The first kappa shape index (κ1) is 25.8. The van der Waals surface area contributed by atoms with Crippen LogP contribution in [0.4, 0.5) is 17.1 Å². The van der Waals surface area contributed by atoms with E-state index in [4.69, 9.17) is 4.98 Å². The average molecular weight is 592 g/mol. The topological polar surface area (TPSA) is 21.1 Å². The van der Waals surface area contributed by atoms with Crippen LogP contribution in [0.5, 0.6) is 0 Å². The van der Waals surface area contributed by atoms with Crippen LogP contribution < -0.4 is 25.6 Å². The van der Waals surface area contributed by atoms with Gasteiger partial charge in [-0.05, 0) is 69.3 Å². The second kappa shape index (κ2) is 10.2. The summed E-state index contributed by atoms with van der Waals surface area (Å²) in [5, 5.41) is 6.73. The highest BCUT2D eigenvalue weighted by molar-refractivity contribution is 7.21. The summed E-state index contributed by atoms with van der Waals surface area (Å²) in [4.78, 5) is 7.24. The first-order valence-corrected chi connectivity index (χ1v) is 17.4. The maximum atomic E-state index is 4.77. The lowest BCUT2D eigenvalue weighted by Gasteiger charge is -2.45. The van der Waals surface area contributed by atoms with E-state index >= 15 is 0 Å². The molecule has 0 spiro atoms. The third-order valence-corrected chi connectivity index (χ3v) is 14.1. The predicted octanol–water partition coefficient (Wildman–Crippen LogP) is 7.34. The van der Waals surface area contributed by atoms with E-state index in [1.807, 2.05) is 12.3 Å². The lowest BCUT2D eigenvalue weighted by Crippen LogP contribution is -2.77. The molecule has 0 saturated carbocycles. The fourth-order valence-electron chi connectivity index (χ4n) is 7.52. The molecule has 9 rings (SSSR count). The van der Waals surface area contributed by atoms with Crippen molar-refractivity contribution in [2.24, 2.45) is 0 Å². The Hall–Kier alpha value is -5.71. The Morgan fingerprint density at radius 1 is 0.444 bits per heavy atom. The first-order valence-electron chi connectivity index (χ1n) is 15.4. The van der Waals surface area contributed by atoms with Gasteiger partial charge in [0, 0.05) is 34.3 Å². The number of para-hydroxylation sites is 3. The number of anilines is 3. The summed E-state index contributed by atoms with van der Waals surface area (Å²) in [6, 6.07) is 62.1. The summed E-state index contributed by atoms with van der Waals surface area (Å²) in [7, 11) is -2.65. The van der Waals surface area contributed by atoms with Crippen LogP contribution in [0.15, 0.2) is 176 Å². The van der Waals surface area contributed by atoms with Gasteiger partial charge in [0.05, 0.1) is 16.6 Å². The molecule has 0 bridgehead atoms. The van der Waals surface area contributed by atoms with Gasteiger partial charge in [-0.1, -0.05) is 121 Å². The van der Waals surface area contributed by atoms with E-state index in [-0.39, 0.29) is 0 Å². The molecule has 1 aliphatic rings. The second-order valence-electron chi connectivity index (χ2n) is 11.6. The zero-order valence-corrected chi connectivity index (χ0v) is 25.6. The lowest BCUT2D eigenvalue weighted by molar-refractivity contribution is 1.17. The second-order valence-corrected chi connectivity index (χ2v) is 15.3. The highest BCUT2D eigenvalue weighted by Crippen LogP contribution is 2.40. The molecule has 1 aliphatic heterocycles. The molecule has 3 nitrogen and oxygen atoms in total. The highest BCUT2D eigenvalue weighted by atomic mass is 28.3. The molecule has 0 saturated heterocycles. The monoisotopic (exact) mass is 591 g/mol. The Bertz CT molecular complexity index is 2200. The van der Waals surface area contributed by atoms with Crippen LogP contribution in [0.3, 0.4) is 0 Å². The SMILES string of the molecule is c1ccc([Si]2(c3ccccc3)c3ccccc3N(c3cccc(-n4c5ccccc5c5ncccc54)c3)c3ccccc32)cc1. The van der Waals surface area contributed by atoms with Crippen molar-refractivity contribution < 1.29 is 0 Å². The van der Waals surface area contributed by atoms with Gasteiger partial charge in [0.2, 0.25) is 0 Å². The number of pyridine rings is 1. The molecule has 6 aromatic carbocycles. The highest BCUT2D eigenvalue weighted by Gasteiger charge is 2.48. The van der Waals surface area contributed by atoms with E-state index in [0.717, 1.165) is 33.3 Å². The Morgan fingerprint density at radius 2 is 1.00 bits per heavy atom. The summed E-state index contributed by atoms with van der Waals surface area (Å²) in [6.07, 6.45) is 1.88. The van der Waals surface area contributed by atoms with E-state index in [0.29, 0.717) is 0 Å². The van der Waals surface area contributed by atoms with Crippen LogP contribution in [0.1, 0.15) is 0 Å². The quantitative estimate of drug-likeness (QED) is 0.200. The molecule has 3 heterocycles. The van der Waals surface area contributed by atoms with Crippen LogP contribution in [0, 0.1) is 0 Å². The average Bonchev–Trinajstić information content (AvgIpc) is 3.46. The van der Waals surface area contributed by atoms with Crippen molar-refractivity contribution in [3.8, 4) is 5.69 Å². The minimum atomic E-state index is -2.65. The molecule has 4 heteroatoms. The van der Waals surface area contributed by atoms with Crippen molar-refractivity contribution in [2.75, 3.05) is 4.90 Å². The van der Waals surface area contributed by atoms with Crippen molar-refractivity contribution in [3.63, 3.8) is 0 Å². The molecule has 45 heavy (non-hydrogen) atoms. The normalized spacial score (nSPS) is 13.5. The van der Waals surface area contributed by atoms with Gasteiger partial charge in [-0.25, -0.2) is 0 Å². The molecular formula is C41H29N3Si. The molecule has 8 aromatic rings. The lowest BCUT2D eigenvalue weighted by atomic mass is 10.1. The molecule has 0 fully saturated rings. The fourth-order valence-corrected chi connectivity index (χ4v) is 12.6. The number of hydrogen-bond donors (Lipinski definition) is 0. The number of aromatic nitrogens is 2. The van der Waals surface area contributed by atoms with E-state index in [2.05, 4.69) is 173 Å². The van der Waals surface area contributed by atoms with Gasteiger partial charge >= 0.3 is 0 Å². The van der Waals surface area contributed by atoms with Gasteiger partial charge in [-0.3, -0.25) is 4.98 Å². The molecular weight excluding hydrogens is 563 g/mol. The molecule has 212 valence electrons. The van der Waals surface area contributed by atoms with Crippen molar-refractivity contribution in [3.05, 3.63) is 176 Å². The van der Waals surface area contributed by atoms with Gasteiger partial charge in [-0.15, -0.1) is 0 Å². The van der Waals surface area contributed by atoms with Gasteiger partial charge in [0.25, 0.3) is 0 Å². The Morgan fingerprint density at radius 3 is 1.69 bits per heavy atom. The summed E-state index contributed by atoms with van der Waals surface area (Å²) in [5.41, 5.74) is 7.99. The smallest absolute Gasteiger partial charge is 0.184 e. The minimum absolute atomic E-state index is 1.02. The van der Waals surface area contributed by atoms with Crippen LogP contribution in [0.25, 0.3) is 27.6 Å². The largest absolute Gasteiger partial charge is 0.311 e. The van der Waals surface area contributed by atoms with Crippen molar-refractivity contribution in [2.45, 2.75) is 0 Å². The summed E-state index contributed by atoms with van der Waals surface area (Å²) in [5.74, 6) is 0. The van der Waals surface area contributed by atoms with E-state index in [1.165, 1.54) is 32.1 Å². The van der Waals surface area contributed by atoms with Gasteiger partial charge in [-0.2, -0.15) is 0 Å². The molecule has 0 atom stereocenters. The Labute approximate surface area is 263 Å². The fraction of sp³-hybridized carbons (Fsp3) is 0. The van der Waals surface area contributed by atoms with Crippen LogP contribution in [-0.4, -0.2) is 17.6 Å². The van der Waals surface area contributed by atoms with Crippen LogP contribution in [-0.2, 0) is 0 Å². The molecule has 2 aromatic heterocycles. The first-order chi connectivity index (χ1) is 22.4. The molecule has 0 aliphatic carbocycles. The maximum absolute atomic E-state index is 4.77. The van der Waals surface area contributed by atoms with E-state index < -0.39 is 8.07 Å². The molecule has 0 amide bonds. The van der Waals surface area contributed by atoms with Gasteiger partial charge in [0.1, 0.15) is 0 Å². The third-order valence-electron chi connectivity index (χ3n) is 9.29. The standard InChI is InChI=1S/C41H29N3Si/c1-3-17-32(18-4-1)45(33-19-5-2-6-20-33)39-26-11-9-23-36(39)44(37-24-10-12-27-40(37)45)31-16-13-15-30(29-31)43-35-22-8-7-21-34(35)41-38(43)25-14-28-42-41/h1-29H. The number of rotatable bonds is 4. The van der Waals surface area contributed by atoms with E-state index in [1.54, 1.807) is 0 Å². The minimum Gasteiger partial charge on any atom is -0.311 e. The van der Waals surface area contributed by atoms with Crippen molar-refractivity contribution >= 4 is 67.8 Å². The molecule has 0 unspecified atom stereocenters. The predicted molar refractivity (Wildman–Crippen MR) is 190 cm³/mol. The maximum Gasteiger partial charge on any atom is 0.184 e. The van der Waals surface area contributed by atoms with Gasteiger partial charge in [0.15, 0.2) is 8.07 Å². The Kier molecular flexibility index (Phi) is 5.83. The zero-order chi connectivity index (χ0) is 29.8. The number of hydrogen-bond acceptors (Lipinski definition) is 2. The summed E-state index contributed by atoms with van der Waals surface area (Å²) < 4.78 is 2.34. The van der Waals surface area contributed by atoms with Gasteiger partial charge < -0.3 is 9.47 Å². The Balaban J connectivity index is 1.33. The van der Waals surface area contributed by atoms with Crippen molar-refractivity contribution in [1.82, 2.24) is 9.55 Å². The molecule has 0 radical (unpaired) electrons. The summed E-state index contributed by atoms with van der Waals surface area (Å²) >= 11 is 0. The number of fused-ring (bicyclic) bond motifs is 5.